The summed E-state index contributed by atoms with van der Waals surface area (Å²) in [4.78, 5) is 25.4. The van der Waals surface area contributed by atoms with Crippen LogP contribution in [0, 0.1) is 6.92 Å². The third kappa shape index (κ3) is 4.20. The van der Waals surface area contributed by atoms with E-state index in [0.29, 0.717) is 22.8 Å². The number of carbonyl (C=O) groups is 2. The molecular formula is C22H20N4O2S. The van der Waals surface area contributed by atoms with Crippen LogP contribution in [0.25, 0.3) is 10.2 Å². The van der Waals surface area contributed by atoms with Crippen LogP contribution in [0.2, 0.25) is 0 Å². The van der Waals surface area contributed by atoms with Gasteiger partial charge < -0.3 is 10.6 Å². The lowest BCUT2D eigenvalue weighted by Gasteiger charge is -2.06. The highest BCUT2D eigenvalue weighted by molar-refractivity contribution is 7.20. The van der Waals surface area contributed by atoms with Gasteiger partial charge in [0.05, 0.1) is 17.1 Å². The molecule has 0 spiro atoms. The second-order valence-corrected chi connectivity index (χ2v) is 7.80. The van der Waals surface area contributed by atoms with Gasteiger partial charge in [-0.25, -0.2) is 0 Å². The molecule has 146 valence electrons. The first kappa shape index (κ1) is 18.9. The Bertz CT molecular complexity index is 1180. The number of carbonyl (C=O) groups excluding carboxylic acids is 2. The van der Waals surface area contributed by atoms with Crippen molar-refractivity contribution in [2.45, 2.75) is 20.4 Å². The maximum Gasteiger partial charge on any atom is 0.265 e. The van der Waals surface area contributed by atoms with Gasteiger partial charge in [-0.05, 0) is 42.8 Å². The third-order valence-electron chi connectivity index (χ3n) is 4.47. The van der Waals surface area contributed by atoms with E-state index < -0.39 is 0 Å². The molecule has 0 aliphatic rings. The molecule has 2 amide bonds. The molecule has 2 aromatic heterocycles. The van der Waals surface area contributed by atoms with Crippen LogP contribution < -0.4 is 10.6 Å². The number of benzene rings is 2. The molecule has 4 rings (SSSR count). The quantitative estimate of drug-likeness (QED) is 0.508. The van der Waals surface area contributed by atoms with E-state index in [2.05, 4.69) is 27.9 Å². The Labute approximate surface area is 172 Å². The molecule has 0 fully saturated rings. The van der Waals surface area contributed by atoms with Gasteiger partial charge in [0.2, 0.25) is 5.91 Å². The zero-order valence-electron chi connectivity index (χ0n) is 16.1. The second kappa shape index (κ2) is 7.89. The fourth-order valence-electron chi connectivity index (χ4n) is 3.12. The maximum absolute atomic E-state index is 12.7. The highest BCUT2D eigenvalue weighted by atomic mass is 32.1. The van der Waals surface area contributed by atoms with Gasteiger partial charge in [-0.1, -0.05) is 30.3 Å². The van der Waals surface area contributed by atoms with Crippen molar-refractivity contribution in [3.05, 3.63) is 76.8 Å². The van der Waals surface area contributed by atoms with Crippen molar-refractivity contribution in [3.8, 4) is 0 Å². The van der Waals surface area contributed by atoms with Gasteiger partial charge >= 0.3 is 0 Å². The number of aromatic nitrogens is 2. The van der Waals surface area contributed by atoms with Crippen molar-refractivity contribution in [3.63, 3.8) is 0 Å². The fourth-order valence-corrected chi connectivity index (χ4v) is 4.18. The number of anilines is 2. The van der Waals surface area contributed by atoms with Crippen LogP contribution in [0.3, 0.4) is 0 Å². The van der Waals surface area contributed by atoms with E-state index in [1.165, 1.54) is 18.3 Å². The summed E-state index contributed by atoms with van der Waals surface area (Å²) in [7, 11) is 0. The molecule has 2 heterocycles. The van der Waals surface area contributed by atoms with Gasteiger partial charge in [0, 0.05) is 23.7 Å². The van der Waals surface area contributed by atoms with Crippen molar-refractivity contribution in [1.29, 1.82) is 0 Å². The van der Waals surface area contributed by atoms with Crippen molar-refractivity contribution in [1.82, 2.24) is 9.78 Å². The Morgan fingerprint density at radius 1 is 1.00 bits per heavy atom. The Balaban J connectivity index is 1.54. The minimum absolute atomic E-state index is 0.132. The lowest BCUT2D eigenvalue weighted by molar-refractivity contribution is -0.114. The van der Waals surface area contributed by atoms with E-state index in [-0.39, 0.29) is 11.8 Å². The molecular weight excluding hydrogens is 384 g/mol. The Hall–Kier alpha value is -3.45. The van der Waals surface area contributed by atoms with Gasteiger partial charge in [-0.15, -0.1) is 11.3 Å². The minimum Gasteiger partial charge on any atom is -0.326 e. The molecule has 0 saturated carbocycles. The molecule has 0 atom stereocenters. The van der Waals surface area contributed by atoms with E-state index in [4.69, 9.17) is 0 Å². The number of thiophene rings is 1. The zero-order valence-corrected chi connectivity index (χ0v) is 16.9. The van der Waals surface area contributed by atoms with E-state index in [0.717, 1.165) is 21.5 Å². The monoisotopic (exact) mass is 404 g/mol. The molecule has 29 heavy (non-hydrogen) atoms. The summed E-state index contributed by atoms with van der Waals surface area (Å²) >= 11 is 1.43. The van der Waals surface area contributed by atoms with Crippen LogP contribution >= 0.6 is 11.3 Å². The van der Waals surface area contributed by atoms with E-state index in [1.54, 1.807) is 24.3 Å². The minimum atomic E-state index is -0.163. The molecule has 0 bridgehead atoms. The summed E-state index contributed by atoms with van der Waals surface area (Å²) in [5.41, 5.74) is 3.43. The summed E-state index contributed by atoms with van der Waals surface area (Å²) in [6.45, 7) is 4.08. The Kier molecular flexibility index (Phi) is 5.14. The lowest BCUT2D eigenvalue weighted by atomic mass is 10.2. The standard InChI is InChI=1S/C22H20N4O2S/c1-14-19-12-20(21(28)24-18-10-8-17(9-11-18)23-15(2)27)29-22(19)26(25-14)13-16-6-4-3-5-7-16/h3-12H,13H2,1-2H3,(H,23,27)(H,24,28). The Morgan fingerprint density at radius 3 is 2.31 bits per heavy atom. The summed E-state index contributed by atoms with van der Waals surface area (Å²) in [5, 5.41) is 11.2. The lowest BCUT2D eigenvalue weighted by Crippen LogP contribution is -2.10. The third-order valence-corrected chi connectivity index (χ3v) is 5.62. The topological polar surface area (TPSA) is 76.0 Å². The number of rotatable bonds is 5. The SMILES string of the molecule is CC(=O)Nc1ccc(NC(=O)c2cc3c(C)nn(Cc4ccccc4)c3s2)cc1. The number of hydrogen-bond donors (Lipinski definition) is 2. The van der Waals surface area contributed by atoms with Gasteiger partial charge in [0.15, 0.2) is 0 Å². The summed E-state index contributed by atoms with van der Waals surface area (Å²) in [6, 6.07) is 19.1. The van der Waals surface area contributed by atoms with Crippen LogP contribution in [0.4, 0.5) is 11.4 Å². The number of nitrogens with one attached hydrogen (secondary N) is 2. The summed E-state index contributed by atoms with van der Waals surface area (Å²) < 4.78 is 1.95. The van der Waals surface area contributed by atoms with Crippen LogP contribution in [0.15, 0.2) is 60.7 Å². The molecule has 2 N–H and O–H groups in total. The number of aryl methyl sites for hydroxylation is 1. The van der Waals surface area contributed by atoms with Crippen LogP contribution in [0.1, 0.15) is 27.9 Å². The number of nitrogens with zero attached hydrogens (tertiary/aromatic N) is 2. The molecule has 4 aromatic rings. The summed E-state index contributed by atoms with van der Waals surface area (Å²) in [5.74, 6) is -0.295. The fraction of sp³-hybridized carbons (Fsp3) is 0.136. The second-order valence-electron chi connectivity index (χ2n) is 6.77. The number of fused-ring (bicyclic) bond motifs is 1. The molecule has 0 aliphatic heterocycles. The molecule has 2 aromatic carbocycles. The zero-order chi connectivity index (χ0) is 20.4. The van der Waals surface area contributed by atoms with Crippen molar-refractivity contribution in [2.24, 2.45) is 0 Å². The van der Waals surface area contributed by atoms with E-state index >= 15 is 0 Å². The maximum atomic E-state index is 12.7. The number of hydrogen-bond acceptors (Lipinski definition) is 4. The average Bonchev–Trinajstić information content (AvgIpc) is 3.25. The predicted octanol–water partition coefficient (Wildman–Crippen LogP) is 4.67. The Morgan fingerprint density at radius 2 is 1.66 bits per heavy atom. The highest BCUT2D eigenvalue weighted by Crippen LogP contribution is 2.29. The predicted molar refractivity (Wildman–Crippen MR) is 117 cm³/mol. The van der Waals surface area contributed by atoms with Crippen LogP contribution in [-0.2, 0) is 11.3 Å². The molecule has 7 heteroatoms. The first-order valence-corrected chi connectivity index (χ1v) is 10.0. The number of amides is 2. The first-order valence-electron chi connectivity index (χ1n) is 9.19. The molecule has 0 radical (unpaired) electrons. The van der Waals surface area contributed by atoms with Crippen molar-refractivity contribution in [2.75, 3.05) is 10.6 Å². The van der Waals surface area contributed by atoms with E-state index in [1.807, 2.05) is 35.9 Å². The van der Waals surface area contributed by atoms with Gasteiger partial charge in [0.1, 0.15) is 4.83 Å². The highest BCUT2D eigenvalue weighted by Gasteiger charge is 2.16. The summed E-state index contributed by atoms with van der Waals surface area (Å²) in [6.07, 6.45) is 0. The van der Waals surface area contributed by atoms with Gasteiger partial charge in [-0.2, -0.15) is 5.10 Å². The van der Waals surface area contributed by atoms with Crippen molar-refractivity contribution >= 4 is 44.7 Å². The normalized spacial score (nSPS) is 10.8. The molecule has 0 aliphatic carbocycles. The van der Waals surface area contributed by atoms with Crippen LogP contribution in [0.5, 0.6) is 0 Å². The average molecular weight is 404 g/mol. The molecule has 0 saturated heterocycles. The van der Waals surface area contributed by atoms with Crippen LogP contribution in [-0.4, -0.2) is 21.6 Å². The largest absolute Gasteiger partial charge is 0.326 e. The van der Waals surface area contributed by atoms with Crippen molar-refractivity contribution < 1.29 is 9.59 Å². The van der Waals surface area contributed by atoms with Gasteiger partial charge in [-0.3, -0.25) is 14.3 Å². The smallest absolute Gasteiger partial charge is 0.265 e. The molecule has 0 unspecified atom stereocenters. The van der Waals surface area contributed by atoms with E-state index in [9.17, 15) is 9.59 Å². The first-order chi connectivity index (χ1) is 14.0. The van der Waals surface area contributed by atoms with Gasteiger partial charge in [0.25, 0.3) is 5.91 Å². The molecule has 6 nitrogen and oxygen atoms in total.